The summed E-state index contributed by atoms with van der Waals surface area (Å²) in [6.45, 7) is 7.38. The van der Waals surface area contributed by atoms with E-state index in [1.165, 1.54) is 0 Å². The average molecular weight is 455 g/mol. The van der Waals surface area contributed by atoms with Gasteiger partial charge < -0.3 is 19.5 Å². The predicted octanol–water partition coefficient (Wildman–Crippen LogP) is 1.80. The van der Waals surface area contributed by atoms with Gasteiger partial charge in [-0.05, 0) is 19.9 Å². The van der Waals surface area contributed by atoms with Crippen LogP contribution in [0.5, 0.6) is 5.75 Å². The number of ether oxygens (including phenoxy) is 2. The molecule has 1 aromatic carbocycles. The topological polar surface area (TPSA) is 97.1 Å². The molecule has 4 rings (SSSR count). The third-order valence-electron chi connectivity index (χ3n) is 6.48. The van der Waals surface area contributed by atoms with Gasteiger partial charge in [-0.15, -0.1) is 0 Å². The zero-order valence-electron chi connectivity index (χ0n) is 19.5. The number of aliphatic hydroxyl groups is 1. The van der Waals surface area contributed by atoms with Crippen LogP contribution in [0, 0.1) is 13.8 Å². The van der Waals surface area contributed by atoms with E-state index < -0.39 is 17.7 Å². The number of rotatable bonds is 6. The fourth-order valence-electron chi connectivity index (χ4n) is 4.65. The molecule has 0 unspecified atom stereocenters. The number of para-hydroxylation sites is 1. The number of carbonyl (C=O) groups is 2. The van der Waals surface area contributed by atoms with Crippen LogP contribution in [0.2, 0.25) is 0 Å². The van der Waals surface area contributed by atoms with Crippen LogP contribution < -0.4 is 4.74 Å². The minimum Gasteiger partial charge on any atom is -0.507 e. The van der Waals surface area contributed by atoms with Crippen LogP contribution in [-0.4, -0.2) is 82.9 Å². The molecule has 9 nitrogen and oxygen atoms in total. The van der Waals surface area contributed by atoms with Gasteiger partial charge in [0.05, 0.1) is 43.2 Å². The number of hydrogen-bond acceptors (Lipinski definition) is 7. The van der Waals surface area contributed by atoms with Crippen LogP contribution in [0.1, 0.15) is 28.6 Å². The molecule has 1 amide bonds. The molecule has 2 aliphatic heterocycles. The third-order valence-corrected chi connectivity index (χ3v) is 6.48. The summed E-state index contributed by atoms with van der Waals surface area (Å²) in [5, 5.41) is 15.7. The SMILES string of the molecule is COc1ccccc1[C@@H]1C(=C(O)c2c(C)nn(C)c2C)C(=O)C(=O)N1CCN1CCOCC1. The van der Waals surface area contributed by atoms with Crippen LogP contribution in [0.4, 0.5) is 0 Å². The highest BCUT2D eigenvalue weighted by Gasteiger charge is 2.47. The number of methoxy groups -OCH3 is 1. The number of benzene rings is 1. The first kappa shape index (κ1) is 23.0. The Morgan fingerprint density at radius 2 is 1.88 bits per heavy atom. The second-order valence-corrected chi connectivity index (χ2v) is 8.36. The highest BCUT2D eigenvalue weighted by atomic mass is 16.5. The van der Waals surface area contributed by atoms with Gasteiger partial charge >= 0.3 is 0 Å². The van der Waals surface area contributed by atoms with Crippen LogP contribution in [0.3, 0.4) is 0 Å². The summed E-state index contributed by atoms with van der Waals surface area (Å²) in [5.41, 5.74) is 2.49. The maximum atomic E-state index is 13.3. The summed E-state index contributed by atoms with van der Waals surface area (Å²) >= 11 is 0. The van der Waals surface area contributed by atoms with Crippen molar-refractivity contribution in [2.45, 2.75) is 19.9 Å². The molecule has 1 atom stereocenters. The van der Waals surface area contributed by atoms with Gasteiger partial charge in [-0.25, -0.2) is 0 Å². The largest absolute Gasteiger partial charge is 0.507 e. The normalized spacial score (nSPS) is 21.1. The third kappa shape index (κ3) is 4.14. The first-order valence-corrected chi connectivity index (χ1v) is 11.1. The molecule has 2 aromatic rings. The molecule has 0 spiro atoms. The lowest BCUT2D eigenvalue weighted by Gasteiger charge is -2.31. The van der Waals surface area contributed by atoms with Crippen molar-refractivity contribution >= 4 is 17.4 Å². The molecule has 2 fully saturated rings. The first-order valence-electron chi connectivity index (χ1n) is 11.1. The Balaban J connectivity index is 1.82. The number of nitrogens with zero attached hydrogens (tertiary/aromatic N) is 4. The van der Waals surface area contributed by atoms with Gasteiger partial charge in [0, 0.05) is 44.5 Å². The number of likely N-dealkylation sites (tertiary alicyclic amines) is 1. The zero-order valence-corrected chi connectivity index (χ0v) is 19.5. The molecule has 0 bridgehead atoms. The smallest absolute Gasteiger partial charge is 0.295 e. The molecule has 1 aromatic heterocycles. The fraction of sp³-hybridized carbons (Fsp3) is 0.458. The summed E-state index contributed by atoms with van der Waals surface area (Å²) in [5.74, 6) is -0.986. The number of morpholine rings is 1. The highest BCUT2D eigenvalue weighted by Crippen LogP contribution is 2.43. The van der Waals surface area contributed by atoms with Crippen molar-refractivity contribution in [3.63, 3.8) is 0 Å². The van der Waals surface area contributed by atoms with Gasteiger partial charge in [0.2, 0.25) is 0 Å². The average Bonchev–Trinajstić information content (AvgIpc) is 3.23. The number of hydrogen-bond donors (Lipinski definition) is 1. The Bertz CT molecular complexity index is 1100. The predicted molar refractivity (Wildman–Crippen MR) is 122 cm³/mol. The van der Waals surface area contributed by atoms with Gasteiger partial charge in [-0.1, -0.05) is 18.2 Å². The Labute approximate surface area is 193 Å². The van der Waals surface area contributed by atoms with Crippen LogP contribution in [0.25, 0.3) is 5.76 Å². The van der Waals surface area contributed by atoms with Gasteiger partial charge in [0.1, 0.15) is 11.5 Å². The van der Waals surface area contributed by atoms with E-state index in [0.717, 1.165) is 13.1 Å². The van der Waals surface area contributed by atoms with Gasteiger partial charge in [-0.3, -0.25) is 19.2 Å². The highest BCUT2D eigenvalue weighted by molar-refractivity contribution is 6.46. The maximum Gasteiger partial charge on any atom is 0.295 e. The number of ketones is 1. The molecule has 3 heterocycles. The second-order valence-electron chi connectivity index (χ2n) is 8.36. The van der Waals surface area contributed by atoms with Crippen molar-refractivity contribution in [3.05, 3.63) is 52.4 Å². The molecule has 0 saturated carbocycles. The minimum absolute atomic E-state index is 0.0608. The van der Waals surface area contributed by atoms with Crippen molar-refractivity contribution in [1.82, 2.24) is 19.6 Å². The van der Waals surface area contributed by atoms with E-state index in [0.29, 0.717) is 54.6 Å². The summed E-state index contributed by atoms with van der Waals surface area (Å²) in [7, 11) is 3.33. The van der Waals surface area contributed by atoms with E-state index in [2.05, 4.69) is 10.00 Å². The zero-order chi connectivity index (χ0) is 23.7. The maximum absolute atomic E-state index is 13.3. The number of aromatic nitrogens is 2. The lowest BCUT2D eigenvalue weighted by atomic mass is 9.94. The lowest BCUT2D eigenvalue weighted by Crippen LogP contribution is -2.42. The molecule has 2 aliphatic rings. The van der Waals surface area contributed by atoms with Crippen LogP contribution >= 0.6 is 0 Å². The standard InChI is InChI=1S/C24H30N4O5/c1-15-19(16(2)26(3)25-15)22(29)20-21(17-7-5-6-8-18(17)32-4)28(24(31)23(20)30)10-9-27-11-13-33-14-12-27/h5-8,21,29H,9-14H2,1-4H3/t21-/m1/s1. The molecular formula is C24H30N4O5. The monoisotopic (exact) mass is 454 g/mol. The van der Waals surface area contributed by atoms with Gasteiger partial charge in [-0.2, -0.15) is 5.10 Å². The molecule has 1 N–H and O–H groups in total. The van der Waals surface area contributed by atoms with E-state index >= 15 is 0 Å². The molecule has 33 heavy (non-hydrogen) atoms. The van der Waals surface area contributed by atoms with Crippen molar-refractivity contribution in [3.8, 4) is 5.75 Å². The molecule has 176 valence electrons. The molecule has 0 aliphatic carbocycles. The number of Topliss-reactive ketones (excluding diaryl/α,β-unsaturated/α-hetero) is 1. The van der Waals surface area contributed by atoms with E-state index in [9.17, 15) is 14.7 Å². The molecular weight excluding hydrogens is 424 g/mol. The quantitative estimate of drug-likeness (QED) is 0.404. The second kappa shape index (κ2) is 9.36. The molecule has 2 saturated heterocycles. The van der Waals surface area contributed by atoms with E-state index in [-0.39, 0.29) is 11.3 Å². The number of amides is 1. The van der Waals surface area contributed by atoms with Gasteiger partial charge in [0.25, 0.3) is 11.7 Å². The van der Waals surface area contributed by atoms with E-state index in [1.54, 1.807) is 36.7 Å². The van der Waals surface area contributed by atoms with Crippen molar-refractivity contribution in [2.24, 2.45) is 7.05 Å². The molecule has 0 radical (unpaired) electrons. The fourth-order valence-corrected chi connectivity index (χ4v) is 4.65. The number of carbonyl (C=O) groups excluding carboxylic acids is 2. The minimum atomic E-state index is -0.763. The lowest BCUT2D eigenvalue weighted by molar-refractivity contribution is -0.140. The molecule has 9 heteroatoms. The summed E-state index contributed by atoms with van der Waals surface area (Å²) in [4.78, 5) is 30.2. The summed E-state index contributed by atoms with van der Waals surface area (Å²) in [6, 6.07) is 6.52. The summed E-state index contributed by atoms with van der Waals surface area (Å²) < 4.78 is 12.6. The van der Waals surface area contributed by atoms with Gasteiger partial charge in [0.15, 0.2) is 0 Å². The first-order chi connectivity index (χ1) is 15.8. The van der Waals surface area contributed by atoms with Crippen LogP contribution in [-0.2, 0) is 21.4 Å². The van der Waals surface area contributed by atoms with Crippen molar-refractivity contribution in [2.75, 3.05) is 46.5 Å². The van der Waals surface area contributed by atoms with E-state index in [1.807, 2.05) is 25.1 Å². The number of aryl methyl sites for hydroxylation is 2. The van der Waals surface area contributed by atoms with Crippen LogP contribution in [0.15, 0.2) is 29.8 Å². The Morgan fingerprint density at radius 3 is 2.52 bits per heavy atom. The van der Waals surface area contributed by atoms with Crippen molar-refractivity contribution < 1.29 is 24.2 Å². The Hall–Kier alpha value is -3.17. The Morgan fingerprint density at radius 1 is 1.18 bits per heavy atom. The van der Waals surface area contributed by atoms with E-state index in [4.69, 9.17) is 9.47 Å². The number of aliphatic hydroxyl groups excluding tert-OH is 1. The summed E-state index contributed by atoms with van der Waals surface area (Å²) in [6.07, 6.45) is 0. The Kier molecular flexibility index (Phi) is 6.53. The van der Waals surface area contributed by atoms with Crippen molar-refractivity contribution in [1.29, 1.82) is 0 Å².